The molecule has 1 aromatic heterocycles. The zero-order chi connectivity index (χ0) is 20.5. The average Bonchev–Trinajstić information content (AvgIpc) is 3.51. The Morgan fingerprint density at radius 3 is 2.77 bits per heavy atom. The molecule has 1 fully saturated rings. The molecule has 0 aliphatic carbocycles. The largest absolute Gasteiger partial charge is 0.497 e. The van der Waals surface area contributed by atoms with Crippen molar-refractivity contribution in [1.29, 1.82) is 0 Å². The number of carbonyl (C=O) groups excluding carboxylic acids is 1. The molecule has 2 aliphatic rings. The second-order valence-electron chi connectivity index (χ2n) is 7.34. The van der Waals surface area contributed by atoms with Crippen molar-refractivity contribution in [3.63, 3.8) is 0 Å². The molecule has 8 heteroatoms. The van der Waals surface area contributed by atoms with E-state index < -0.39 is 0 Å². The van der Waals surface area contributed by atoms with E-state index in [9.17, 15) is 4.79 Å². The molecule has 0 bridgehead atoms. The number of nitrogens with zero attached hydrogens (tertiary/aromatic N) is 3. The summed E-state index contributed by atoms with van der Waals surface area (Å²) in [6, 6.07) is 13.4. The Labute approximate surface area is 173 Å². The van der Waals surface area contributed by atoms with Crippen LogP contribution in [0.2, 0.25) is 0 Å². The lowest BCUT2D eigenvalue weighted by molar-refractivity contribution is -0.117. The highest BCUT2D eigenvalue weighted by atomic mass is 16.7. The lowest BCUT2D eigenvalue weighted by Crippen LogP contribution is -2.24. The summed E-state index contributed by atoms with van der Waals surface area (Å²) >= 11 is 0. The average molecular weight is 407 g/mol. The van der Waals surface area contributed by atoms with Gasteiger partial charge in [-0.05, 0) is 36.2 Å². The van der Waals surface area contributed by atoms with Crippen molar-refractivity contribution in [2.24, 2.45) is 0 Å². The molecule has 3 heterocycles. The zero-order valence-corrected chi connectivity index (χ0v) is 16.5. The molecule has 0 spiro atoms. The predicted octanol–water partition coefficient (Wildman–Crippen LogP) is 3.11. The Morgan fingerprint density at radius 2 is 1.93 bits per heavy atom. The Kier molecular flexibility index (Phi) is 4.74. The first kappa shape index (κ1) is 18.5. The fourth-order valence-corrected chi connectivity index (χ4v) is 3.76. The lowest BCUT2D eigenvalue weighted by atomic mass is 10.1. The summed E-state index contributed by atoms with van der Waals surface area (Å²) in [5.74, 6) is 3.28. The van der Waals surface area contributed by atoms with Crippen molar-refractivity contribution in [3.8, 4) is 17.2 Å². The monoisotopic (exact) mass is 407 g/mol. The molecule has 0 saturated carbocycles. The summed E-state index contributed by atoms with van der Waals surface area (Å²) in [5, 5.41) is 4.13. The molecule has 5 rings (SSSR count). The van der Waals surface area contributed by atoms with Crippen LogP contribution in [0.5, 0.6) is 17.2 Å². The van der Waals surface area contributed by atoms with Gasteiger partial charge in [0.15, 0.2) is 17.3 Å². The van der Waals surface area contributed by atoms with Gasteiger partial charge < -0.3 is 23.6 Å². The molecule has 1 atom stereocenters. The maximum absolute atomic E-state index is 12.6. The fourth-order valence-electron chi connectivity index (χ4n) is 3.76. The molecule has 1 saturated heterocycles. The van der Waals surface area contributed by atoms with Crippen LogP contribution < -0.4 is 19.1 Å². The number of hydrogen-bond acceptors (Lipinski definition) is 7. The minimum absolute atomic E-state index is 0.0310. The van der Waals surface area contributed by atoms with Gasteiger partial charge >= 0.3 is 0 Å². The van der Waals surface area contributed by atoms with Gasteiger partial charge in [0.05, 0.1) is 7.11 Å². The summed E-state index contributed by atoms with van der Waals surface area (Å²) in [6.45, 7) is 0.716. The smallest absolute Gasteiger partial charge is 0.231 e. The normalized spacial score (nSPS) is 17.6. The number of ether oxygens (including phenoxy) is 3. The van der Waals surface area contributed by atoms with Gasteiger partial charge in [0, 0.05) is 37.1 Å². The summed E-state index contributed by atoms with van der Waals surface area (Å²) in [5.41, 5.74) is 1.95. The third-order valence-electron chi connectivity index (χ3n) is 5.43. The minimum atomic E-state index is -0.0959. The van der Waals surface area contributed by atoms with Crippen LogP contribution in [-0.2, 0) is 17.6 Å². The number of benzene rings is 2. The van der Waals surface area contributed by atoms with Crippen molar-refractivity contribution in [3.05, 3.63) is 59.7 Å². The molecule has 0 radical (unpaired) electrons. The number of fused-ring (bicyclic) bond motifs is 1. The molecule has 1 unspecified atom stereocenters. The third-order valence-corrected chi connectivity index (χ3v) is 5.43. The Hall–Kier alpha value is -3.55. The minimum Gasteiger partial charge on any atom is -0.497 e. The number of hydrogen-bond donors (Lipinski definition) is 0. The van der Waals surface area contributed by atoms with Crippen LogP contribution in [0.1, 0.15) is 29.6 Å². The number of anilines is 1. The summed E-state index contributed by atoms with van der Waals surface area (Å²) < 4.78 is 21.4. The van der Waals surface area contributed by atoms with Gasteiger partial charge in [-0.15, -0.1) is 0 Å². The van der Waals surface area contributed by atoms with Gasteiger partial charge in [-0.25, -0.2) is 0 Å². The van der Waals surface area contributed by atoms with Crippen LogP contribution in [0, 0.1) is 0 Å². The first-order valence-electron chi connectivity index (χ1n) is 9.85. The van der Waals surface area contributed by atoms with Crippen LogP contribution in [0.3, 0.4) is 0 Å². The third kappa shape index (κ3) is 3.56. The number of rotatable bonds is 6. The molecule has 1 amide bonds. The SMILES string of the molecule is COc1ccc(CCc2nc(C3CC(=O)N(c4ccc5c(c4)OCO5)C3)no2)cc1. The molecule has 3 aromatic rings. The predicted molar refractivity (Wildman–Crippen MR) is 107 cm³/mol. The lowest BCUT2D eigenvalue weighted by Gasteiger charge is -2.16. The van der Waals surface area contributed by atoms with Crippen LogP contribution in [0.15, 0.2) is 47.0 Å². The van der Waals surface area contributed by atoms with Crippen molar-refractivity contribution < 1.29 is 23.5 Å². The molecule has 154 valence electrons. The Balaban J connectivity index is 1.23. The van der Waals surface area contributed by atoms with E-state index in [2.05, 4.69) is 10.1 Å². The number of amides is 1. The summed E-state index contributed by atoms with van der Waals surface area (Å²) in [7, 11) is 1.65. The van der Waals surface area contributed by atoms with Gasteiger partial charge in [0.2, 0.25) is 18.6 Å². The van der Waals surface area contributed by atoms with Crippen LogP contribution in [0.25, 0.3) is 0 Å². The van der Waals surface area contributed by atoms with Crippen LogP contribution >= 0.6 is 0 Å². The molecule has 8 nitrogen and oxygen atoms in total. The zero-order valence-electron chi connectivity index (χ0n) is 16.5. The van der Waals surface area contributed by atoms with Crippen molar-refractivity contribution in [1.82, 2.24) is 10.1 Å². The number of carbonyl (C=O) groups is 1. The van der Waals surface area contributed by atoms with Gasteiger partial charge in [0.1, 0.15) is 5.75 Å². The Morgan fingerprint density at radius 1 is 1.10 bits per heavy atom. The molecular formula is C22H21N3O5. The molecule has 2 aromatic carbocycles. The topological polar surface area (TPSA) is 86.9 Å². The highest BCUT2D eigenvalue weighted by molar-refractivity contribution is 5.96. The van der Waals surface area contributed by atoms with E-state index in [0.717, 1.165) is 17.9 Å². The molecule has 30 heavy (non-hydrogen) atoms. The first-order chi connectivity index (χ1) is 14.7. The van der Waals surface area contributed by atoms with Crippen LogP contribution in [0.4, 0.5) is 5.69 Å². The van der Waals surface area contributed by atoms with E-state index in [1.54, 1.807) is 12.0 Å². The van der Waals surface area contributed by atoms with Crippen molar-refractivity contribution in [2.45, 2.75) is 25.2 Å². The fraction of sp³-hybridized carbons (Fsp3) is 0.318. The van der Waals surface area contributed by atoms with Gasteiger partial charge in [-0.2, -0.15) is 4.98 Å². The molecule has 0 N–H and O–H groups in total. The second kappa shape index (κ2) is 7.70. The van der Waals surface area contributed by atoms with E-state index in [-0.39, 0.29) is 18.6 Å². The maximum Gasteiger partial charge on any atom is 0.231 e. The van der Waals surface area contributed by atoms with E-state index in [0.29, 0.717) is 42.6 Å². The van der Waals surface area contributed by atoms with Crippen LogP contribution in [-0.4, -0.2) is 36.5 Å². The van der Waals surface area contributed by atoms with Gasteiger partial charge in [-0.3, -0.25) is 4.79 Å². The highest BCUT2D eigenvalue weighted by Crippen LogP contribution is 2.38. The Bertz CT molecular complexity index is 1060. The van der Waals surface area contributed by atoms with Gasteiger partial charge in [0.25, 0.3) is 0 Å². The first-order valence-corrected chi connectivity index (χ1v) is 9.85. The number of methoxy groups -OCH3 is 1. The van der Waals surface area contributed by atoms with Gasteiger partial charge in [-0.1, -0.05) is 17.3 Å². The van der Waals surface area contributed by atoms with E-state index in [1.165, 1.54) is 5.56 Å². The second-order valence-corrected chi connectivity index (χ2v) is 7.34. The summed E-state index contributed by atoms with van der Waals surface area (Å²) in [4.78, 5) is 18.9. The maximum atomic E-state index is 12.6. The molecular weight excluding hydrogens is 386 g/mol. The highest BCUT2D eigenvalue weighted by Gasteiger charge is 2.35. The quantitative estimate of drug-likeness (QED) is 0.620. The number of aromatic nitrogens is 2. The van der Waals surface area contributed by atoms with Crippen molar-refractivity contribution in [2.75, 3.05) is 25.3 Å². The summed E-state index contributed by atoms with van der Waals surface area (Å²) in [6.07, 6.45) is 1.79. The van der Waals surface area contributed by atoms with E-state index in [4.69, 9.17) is 18.7 Å². The standard InChI is InChI=1S/C22H21N3O5/c1-27-17-6-2-14(3-7-17)4-9-20-23-22(24-30-20)15-10-21(26)25(12-15)16-5-8-18-19(11-16)29-13-28-18/h2-3,5-8,11,15H,4,9-10,12-13H2,1H3. The van der Waals surface area contributed by atoms with Crippen molar-refractivity contribution >= 4 is 11.6 Å². The van der Waals surface area contributed by atoms with E-state index >= 15 is 0 Å². The van der Waals surface area contributed by atoms with E-state index in [1.807, 2.05) is 42.5 Å². The number of aryl methyl sites for hydroxylation is 2. The molecule has 2 aliphatic heterocycles.